The highest BCUT2D eigenvalue weighted by Gasteiger charge is 2.16. The average Bonchev–Trinajstić information content (AvgIpc) is 3.15. The Morgan fingerprint density at radius 2 is 2.00 bits per heavy atom. The van der Waals surface area contributed by atoms with Crippen LogP contribution in [0.4, 0.5) is 5.69 Å². The van der Waals surface area contributed by atoms with Crippen molar-refractivity contribution in [2.24, 2.45) is 0 Å². The third-order valence-corrected chi connectivity index (χ3v) is 4.45. The van der Waals surface area contributed by atoms with Crippen LogP contribution in [0.2, 0.25) is 5.02 Å². The first-order valence-corrected chi connectivity index (χ1v) is 9.12. The van der Waals surface area contributed by atoms with Gasteiger partial charge in [-0.2, -0.15) is 0 Å². The van der Waals surface area contributed by atoms with Gasteiger partial charge in [0.25, 0.3) is 5.91 Å². The number of hydrogen-bond donors (Lipinski definition) is 2. The molecule has 1 atom stereocenters. The fourth-order valence-corrected chi connectivity index (χ4v) is 3.01. The van der Waals surface area contributed by atoms with Crippen LogP contribution in [0, 0.1) is 0 Å². The first-order chi connectivity index (χ1) is 12.6. The van der Waals surface area contributed by atoms with Crippen molar-refractivity contribution in [2.45, 2.75) is 18.9 Å². The summed E-state index contributed by atoms with van der Waals surface area (Å²) in [6, 6.07) is 14.1. The van der Waals surface area contributed by atoms with E-state index in [2.05, 4.69) is 10.6 Å². The Kier molecular flexibility index (Phi) is 6.44. The molecule has 1 aliphatic heterocycles. The second-order valence-corrected chi connectivity index (χ2v) is 6.67. The van der Waals surface area contributed by atoms with Crippen LogP contribution >= 0.6 is 23.8 Å². The van der Waals surface area contributed by atoms with Gasteiger partial charge in [-0.3, -0.25) is 10.1 Å². The number of carbonyl (C=O) groups excluding carboxylic acids is 1. The maximum absolute atomic E-state index is 12.2. The van der Waals surface area contributed by atoms with Crippen LogP contribution in [0.1, 0.15) is 23.2 Å². The first-order valence-electron chi connectivity index (χ1n) is 8.33. The number of halogens is 1. The molecule has 1 saturated heterocycles. The summed E-state index contributed by atoms with van der Waals surface area (Å²) in [6.45, 7) is 1.37. The number of hydrogen-bond acceptors (Lipinski definition) is 4. The molecule has 0 unspecified atom stereocenters. The molecule has 0 saturated carbocycles. The molecular formula is C19H19ClN2O3S. The predicted octanol–water partition coefficient (Wildman–Crippen LogP) is 4.02. The van der Waals surface area contributed by atoms with E-state index in [1.165, 1.54) is 0 Å². The molecule has 0 radical (unpaired) electrons. The Balaban J connectivity index is 1.49. The minimum absolute atomic E-state index is 0.181. The van der Waals surface area contributed by atoms with Gasteiger partial charge < -0.3 is 14.8 Å². The van der Waals surface area contributed by atoms with Crippen LogP contribution in [0.25, 0.3) is 0 Å². The molecule has 2 N–H and O–H groups in total. The number of benzene rings is 2. The molecule has 1 heterocycles. The maximum Gasteiger partial charge on any atom is 0.258 e. The molecular weight excluding hydrogens is 372 g/mol. The minimum atomic E-state index is -0.357. The van der Waals surface area contributed by atoms with Crippen molar-refractivity contribution in [2.75, 3.05) is 18.5 Å². The second kappa shape index (κ2) is 8.98. The van der Waals surface area contributed by atoms with Gasteiger partial charge in [0, 0.05) is 12.3 Å². The Hall–Kier alpha value is -2.15. The topological polar surface area (TPSA) is 59.6 Å². The van der Waals surface area contributed by atoms with Crippen molar-refractivity contribution in [3.05, 3.63) is 59.1 Å². The number of amides is 1. The van der Waals surface area contributed by atoms with Crippen molar-refractivity contribution < 1.29 is 14.3 Å². The number of carbonyl (C=O) groups is 1. The van der Waals surface area contributed by atoms with E-state index in [4.69, 9.17) is 33.3 Å². The molecule has 0 aromatic heterocycles. The van der Waals surface area contributed by atoms with Crippen LogP contribution in [0.3, 0.4) is 0 Å². The molecule has 136 valence electrons. The smallest absolute Gasteiger partial charge is 0.258 e. The molecule has 1 amide bonds. The summed E-state index contributed by atoms with van der Waals surface area (Å²) in [5.74, 6) is 0.404. The molecule has 26 heavy (non-hydrogen) atoms. The third-order valence-electron chi connectivity index (χ3n) is 3.92. The van der Waals surface area contributed by atoms with Crippen molar-refractivity contribution in [3.63, 3.8) is 0 Å². The highest BCUT2D eigenvalue weighted by Crippen LogP contribution is 2.19. The lowest BCUT2D eigenvalue weighted by atomic mass is 10.2. The van der Waals surface area contributed by atoms with E-state index in [0.29, 0.717) is 17.2 Å². The number of thiocarbonyl (C=S) groups is 1. The summed E-state index contributed by atoms with van der Waals surface area (Å²) >= 11 is 11.2. The van der Waals surface area contributed by atoms with E-state index >= 15 is 0 Å². The third kappa shape index (κ3) is 5.17. The lowest BCUT2D eigenvalue weighted by molar-refractivity contribution is 0.0679. The fourth-order valence-electron chi connectivity index (χ4n) is 2.58. The van der Waals surface area contributed by atoms with Gasteiger partial charge in [-0.15, -0.1) is 0 Å². The summed E-state index contributed by atoms with van der Waals surface area (Å²) in [7, 11) is 0. The van der Waals surface area contributed by atoms with Crippen LogP contribution in [-0.2, 0) is 4.74 Å². The van der Waals surface area contributed by atoms with E-state index in [1.54, 1.807) is 24.3 Å². The zero-order valence-electron chi connectivity index (χ0n) is 14.0. The summed E-state index contributed by atoms with van der Waals surface area (Å²) in [5.41, 5.74) is 1.12. The highest BCUT2D eigenvalue weighted by atomic mass is 35.5. The van der Waals surface area contributed by atoms with E-state index in [-0.39, 0.29) is 17.1 Å². The quantitative estimate of drug-likeness (QED) is 0.755. The van der Waals surface area contributed by atoms with Gasteiger partial charge in [-0.1, -0.05) is 23.7 Å². The zero-order valence-corrected chi connectivity index (χ0v) is 15.6. The number of ether oxygens (including phenoxy) is 2. The Labute approximate surface area is 162 Å². The van der Waals surface area contributed by atoms with Crippen molar-refractivity contribution in [1.29, 1.82) is 0 Å². The summed E-state index contributed by atoms with van der Waals surface area (Å²) in [6.07, 6.45) is 2.31. The van der Waals surface area contributed by atoms with Crippen LogP contribution in [-0.4, -0.2) is 30.3 Å². The normalized spacial score (nSPS) is 16.1. The molecule has 0 bridgehead atoms. The lowest BCUT2D eigenvalue weighted by Crippen LogP contribution is -2.34. The van der Waals surface area contributed by atoms with Crippen molar-refractivity contribution in [3.8, 4) is 5.75 Å². The average molecular weight is 391 g/mol. The number of anilines is 1. The van der Waals surface area contributed by atoms with Gasteiger partial charge in [0.05, 0.1) is 16.7 Å². The van der Waals surface area contributed by atoms with Gasteiger partial charge in [-0.25, -0.2) is 0 Å². The van der Waals surface area contributed by atoms with Gasteiger partial charge in [0.2, 0.25) is 0 Å². The van der Waals surface area contributed by atoms with Gasteiger partial charge in [-0.05, 0) is 61.5 Å². The van der Waals surface area contributed by atoms with Crippen molar-refractivity contribution >= 4 is 40.5 Å². The first kappa shape index (κ1) is 18.6. The standard InChI is InChI=1S/C19H19ClN2O3S/c20-17-6-2-1-5-16(17)18(23)22-19(26)21-13-7-9-14(10-8-13)25-12-15-4-3-11-24-15/h1-2,5-10,15H,3-4,11-12H2,(H2,21,22,23,26)/t15-/m1/s1. The highest BCUT2D eigenvalue weighted by molar-refractivity contribution is 7.80. The Morgan fingerprint density at radius 1 is 1.23 bits per heavy atom. The molecule has 5 nitrogen and oxygen atoms in total. The molecule has 1 aliphatic rings. The molecule has 7 heteroatoms. The van der Waals surface area contributed by atoms with Gasteiger partial charge in [0.1, 0.15) is 12.4 Å². The minimum Gasteiger partial charge on any atom is -0.491 e. The summed E-state index contributed by atoms with van der Waals surface area (Å²) in [4.78, 5) is 12.2. The van der Waals surface area contributed by atoms with E-state index < -0.39 is 0 Å². The van der Waals surface area contributed by atoms with E-state index in [0.717, 1.165) is 30.9 Å². The van der Waals surface area contributed by atoms with Crippen LogP contribution in [0.5, 0.6) is 5.75 Å². The maximum atomic E-state index is 12.2. The van der Waals surface area contributed by atoms with Gasteiger partial charge in [0.15, 0.2) is 5.11 Å². The monoisotopic (exact) mass is 390 g/mol. The number of rotatable bonds is 5. The fraction of sp³-hybridized carbons (Fsp3) is 0.263. The zero-order chi connectivity index (χ0) is 18.4. The SMILES string of the molecule is O=C(NC(=S)Nc1ccc(OC[C@H]2CCCO2)cc1)c1ccccc1Cl. The van der Waals surface area contributed by atoms with Crippen molar-refractivity contribution in [1.82, 2.24) is 5.32 Å². The molecule has 0 aliphatic carbocycles. The second-order valence-electron chi connectivity index (χ2n) is 5.86. The molecule has 3 rings (SSSR count). The van der Waals surface area contributed by atoms with Crippen LogP contribution in [0.15, 0.2) is 48.5 Å². The number of nitrogens with one attached hydrogen (secondary N) is 2. The van der Waals surface area contributed by atoms with Crippen LogP contribution < -0.4 is 15.4 Å². The predicted molar refractivity (Wildman–Crippen MR) is 106 cm³/mol. The van der Waals surface area contributed by atoms with E-state index in [9.17, 15) is 4.79 Å². The molecule has 0 spiro atoms. The van der Waals surface area contributed by atoms with Gasteiger partial charge >= 0.3 is 0 Å². The molecule has 1 fully saturated rings. The summed E-state index contributed by atoms with van der Waals surface area (Å²) in [5, 5.41) is 6.15. The lowest BCUT2D eigenvalue weighted by Gasteiger charge is -2.13. The van der Waals surface area contributed by atoms with E-state index in [1.807, 2.05) is 24.3 Å². The molecule has 2 aromatic rings. The Morgan fingerprint density at radius 3 is 2.69 bits per heavy atom. The summed E-state index contributed by atoms with van der Waals surface area (Å²) < 4.78 is 11.2. The Bertz CT molecular complexity index is 777. The molecule has 2 aromatic carbocycles. The largest absolute Gasteiger partial charge is 0.491 e.